The highest BCUT2D eigenvalue weighted by Crippen LogP contribution is 2.33. The summed E-state index contributed by atoms with van der Waals surface area (Å²) in [6, 6.07) is 4.96. The number of fused-ring (bicyclic) bond motifs is 1. The average Bonchev–Trinajstić information content (AvgIpc) is 3.19. The van der Waals surface area contributed by atoms with Gasteiger partial charge < -0.3 is 18.6 Å². The SMILES string of the molecule is COc1cc2oc(=O)cc(C)c2cc1OC[C@H]1CO1. The lowest BCUT2D eigenvalue weighted by atomic mass is 10.1. The van der Waals surface area contributed by atoms with Crippen LogP contribution >= 0.6 is 0 Å². The Hall–Kier alpha value is -2.01. The molecule has 0 spiro atoms. The Morgan fingerprint density at radius 3 is 2.79 bits per heavy atom. The maximum Gasteiger partial charge on any atom is 0.336 e. The third kappa shape index (κ3) is 2.42. The standard InChI is InChI=1S/C14H14O5/c1-8-3-14(15)19-11-5-12(16-2)13(4-10(8)11)18-7-9-6-17-9/h3-5,9H,6-7H2,1-2H3/t9-/m1/s1. The van der Waals surface area contributed by atoms with Gasteiger partial charge in [-0.1, -0.05) is 0 Å². The molecule has 0 N–H and O–H groups in total. The van der Waals surface area contributed by atoms with Crippen molar-refractivity contribution in [1.82, 2.24) is 0 Å². The maximum atomic E-state index is 11.4. The summed E-state index contributed by atoms with van der Waals surface area (Å²) in [5.74, 6) is 1.17. The zero-order valence-electron chi connectivity index (χ0n) is 10.8. The van der Waals surface area contributed by atoms with Crippen LogP contribution in [0.15, 0.2) is 27.4 Å². The van der Waals surface area contributed by atoms with Gasteiger partial charge in [-0.25, -0.2) is 4.79 Å². The van der Waals surface area contributed by atoms with Crippen LogP contribution in [0.3, 0.4) is 0 Å². The minimum atomic E-state index is -0.368. The van der Waals surface area contributed by atoms with Gasteiger partial charge in [-0.05, 0) is 18.6 Å². The van der Waals surface area contributed by atoms with Crippen LogP contribution in [0.4, 0.5) is 0 Å². The summed E-state index contributed by atoms with van der Waals surface area (Å²) in [6.07, 6.45) is 0.176. The molecule has 0 bridgehead atoms. The van der Waals surface area contributed by atoms with Crippen molar-refractivity contribution in [1.29, 1.82) is 0 Å². The van der Waals surface area contributed by atoms with Gasteiger partial charge in [0, 0.05) is 17.5 Å². The smallest absolute Gasteiger partial charge is 0.336 e. The fourth-order valence-electron chi connectivity index (χ4n) is 1.95. The van der Waals surface area contributed by atoms with E-state index in [1.54, 1.807) is 13.2 Å². The number of hydrogen-bond donors (Lipinski definition) is 0. The first-order valence-electron chi connectivity index (χ1n) is 6.04. The summed E-state index contributed by atoms with van der Waals surface area (Å²) in [4.78, 5) is 11.4. The van der Waals surface area contributed by atoms with Crippen LogP contribution in [-0.4, -0.2) is 26.4 Å². The molecule has 0 saturated carbocycles. The lowest BCUT2D eigenvalue weighted by Crippen LogP contribution is -2.06. The Bertz CT molecular complexity index is 669. The molecule has 0 radical (unpaired) electrons. The van der Waals surface area contributed by atoms with E-state index in [1.807, 2.05) is 13.0 Å². The highest BCUT2D eigenvalue weighted by atomic mass is 16.6. The summed E-state index contributed by atoms with van der Waals surface area (Å²) < 4.78 is 21.2. The van der Waals surface area contributed by atoms with Crippen molar-refractivity contribution in [3.63, 3.8) is 0 Å². The quantitative estimate of drug-likeness (QED) is 0.622. The van der Waals surface area contributed by atoms with E-state index in [0.29, 0.717) is 23.7 Å². The number of methoxy groups -OCH3 is 1. The van der Waals surface area contributed by atoms with Crippen molar-refractivity contribution in [3.8, 4) is 11.5 Å². The molecule has 5 heteroatoms. The number of rotatable bonds is 4. The summed E-state index contributed by atoms with van der Waals surface area (Å²) in [5.41, 5.74) is 0.977. The number of hydrogen-bond acceptors (Lipinski definition) is 5. The summed E-state index contributed by atoms with van der Waals surface area (Å²) in [7, 11) is 1.55. The molecule has 5 nitrogen and oxygen atoms in total. The van der Waals surface area contributed by atoms with E-state index in [4.69, 9.17) is 18.6 Å². The van der Waals surface area contributed by atoms with Crippen LogP contribution in [0.25, 0.3) is 11.0 Å². The largest absolute Gasteiger partial charge is 0.493 e. The van der Waals surface area contributed by atoms with Crippen LogP contribution in [0.5, 0.6) is 11.5 Å². The fourth-order valence-corrected chi connectivity index (χ4v) is 1.95. The van der Waals surface area contributed by atoms with E-state index < -0.39 is 0 Å². The first kappa shape index (κ1) is 12.0. The van der Waals surface area contributed by atoms with E-state index in [1.165, 1.54) is 6.07 Å². The van der Waals surface area contributed by atoms with Crippen molar-refractivity contribution in [2.45, 2.75) is 13.0 Å². The third-order valence-corrected chi connectivity index (χ3v) is 3.06. The molecule has 0 aliphatic carbocycles. The molecule has 1 aromatic heterocycles. The van der Waals surface area contributed by atoms with Gasteiger partial charge in [0.25, 0.3) is 0 Å². The zero-order valence-corrected chi connectivity index (χ0v) is 10.8. The second-order valence-electron chi connectivity index (χ2n) is 4.51. The normalized spacial score (nSPS) is 17.5. The van der Waals surface area contributed by atoms with Crippen molar-refractivity contribution in [2.75, 3.05) is 20.3 Å². The molecule has 0 amide bonds. The highest BCUT2D eigenvalue weighted by molar-refractivity contribution is 5.83. The predicted molar refractivity (Wildman–Crippen MR) is 69.0 cm³/mol. The molecule has 1 aliphatic heterocycles. The minimum absolute atomic E-state index is 0.176. The molecule has 1 saturated heterocycles. The van der Waals surface area contributed by atoms with Gasteiger partial charge in [0.15, 0.2) is 11.5 Å². The second kappa shape index (κ2) is 4.59. The Kier molecular flexibility index (Phi) is 2.91. The summed E-state index contributed by atoms with van der Waals surface area (Å²) in [5, 5.41) is 0.840. The molecule has 1 fully saturated rings. The summed E-state index contributed by atoms with van der Waals surface area (Å²) in [6.45, 7) is 3.10. The maximum absolute atomic E-state index is 11.4. The molecule has 3 rings (SSSR count). The van der Waals surface area contributed by atoms with Crippen molar-refractivity contribution in [3.05, 3.63) is 34.2 Å². The van der Waals surface area contributed by atoms with E-state index >= 15 is 0 Å². The van der Waals surface area contributed by atoms with Gasteiger partial charge in [-0.3, -0.25) is 0 Å². The molecule has 1 aliphatic rings. The number of ether oxygens (including phenoxy) is 3. The Morgan fingerprint density at radius 2 is 2.11 bits per heavy atom. The molecule has 100 valence electrons. The van der Waals surface area contributed by atoms with E-state index in [9.17, 15) is 4.79 Å². The van der Waals surface area contributed by atoms with Crippen LogP contribution in [0.1, 0.15) is 5.56 Å². The lowest BCUT2D eigenvalue weighted by Gasteiger charge is -2.11. The van der Waals surface area contributed by atoms with Gasteiger partial charge in [0.05, 0.1) is 13.7 Å². The Morgan fingerprint density at radius 1 is 1.32 bits per heavy atom. The number of benzene rings is 1. The van der Waals surface area contributed by atoms with Crippen LogP contribution in [0, 0.1) is 6.92 Å². The summed E-state index contributed by atoms with van der Waals surface area (Å²) >= 11 is 0. The molecule has 1 atom stereocenters. The van der Waals surface area contributed by atoms with E-state index in [2.05, 4.69) is 0 Å². The topological polar surface area (TPSA) is 61.2 Å². The fraction of sp³-hybridized carbons (Fsp3) is 0.357. The van der Waals surface area contributed by atoms with Gasteiger partial charge in [-0.15, -0.1) is 0 Å². The third-order valence-electron chi connectivity index (χ3n) is 3.06. The lowest BCUT2D eigenvalue weighted by molar-refractivity contribution is 0.252. The zero-order chi connectivity index (χ0) is 13.4. The van der Waals surface area contributed by atoms with Crippen LogP contribution < -0.4 is 15.1 Å². The Balaban J connectivity index is 2.06. The van der Waals surface area contributed by atoms with Crippen molar-refractivity contribution < 1.29 is 18.6 Å². The van der Waals surface area contributed by atoms with E-state index in [0.717, 1.165) is 17.6 Å². The predicted octanol–water partition coefficient (Wildman–Crippen LogP) is 1.89. The molecule has 1 aromatic carbocycles. The molecule has 2 heterocycles. The van der Waals surface area contributed by atoms with Gasteiger partial charge >= 0.3 is 5.63 Å². The monoisotopic (exact) mass is 262 g/mol. The molecule has 19 heavy (non-hydrogen) atoms. The van der Waals surface area contributed by atoms with E-state index in [-0.39, 0.29) is 11.7 Å². The van der Waals surface area contributed by atoms with Crippen LogP contribution in [0.2, 0.25) is 0 Å². The molecular formula is C14H14O5. The molecule has 0 unspecified atom stereocenters. The van der Waals surface area contributed by atoms with Crippen molar-refractivity contribution >= 4 is 11.0 Å². The van der Waals surface area contributed by atoms with Gasteiger partial charge in [-0.2, -0.15) is 0 Å². The first-order valence-corrected chi connectivity index (χ1v) is 6.04. The molecular weight excluding hydrogens is 248 g/mol. The van der Waals surface area contributed by atoms with Gasteiger partial charge in [0.1, 0.15) is 18.3 Å². The number of epoxide rings is 1. The van der Waals surface area contributed by atoms with Gasteiger partial charge in [0.2, 0.25) is 0 Å². The highest BCUT2D eigenvalue weighted by Gasteiger charge is 2.24. The minimum Gasteiger partial charge on any atom is -0.493 e. The first-order chi connectivity index (χ1) is 9.17. The number of aryl methyl sites for hydroxylation is 1. The molecule has 2 aromatic rings. The van der Waals surface area contributed by atoms with Crippen LogP contribution in [-0.2, 0) is 4.74 Å². The van der Waals surface area contributed by atoms with Crippen molar-refractivity contribution in [2.24, 2.45) is 0 Å². The average molecular weight is 262 g/mol. The second-order valence-corrected chi connectivity index (χ2v) is 4.51. The Labute approximate surface area is 109 Å².